The molecule has 37 heavy (non-hydrogen) atoms. The van der Waals surface area contributed by atoms with E-state index < -0.39 is 21.4 Å². The molecule has 0 spiro atoms. The van der Waals surface area contributed by atoms with Gasteiger partial charge in [0.2, 0.25) is 21.9 Å². The summed E-state index contributed by atoms with van der Waals surface area (Å²) in [6.07, 6.45) is 2.75. The van der Waals surface area contributed by atoms with E-state index >= 15 is 0 Å². The Bertz CT molecular complexity index is 1460. The van der Waals surface area contributed by atoms with Crippen molar-refractivity contribution in [2.24, 2.45) is 7.05 Å². The van der Waals surface area contributed by atoms with E-state index in [1.165, 1.54) is 45.2 Å². The Kier molecular flexibility index (Phi) is 7.26. The summed E-state index contributed by atoms with van der Waals surface area (Å²) in [5.41, 5.74) is 0.834. The second-order valence-electron chi connectivity index (χ2n) is 7.85. The van der Waals surface area contributed by atoms with Gasteiger partial charge in [-0.15, -0.1) is 10.2 Å². The summed E-state index contributed by atoms with van der Waals surface area (Å²) in [6, 6.07) is 6.81. The van der Waals surface area contributed by atoms with Crippen molar-refractivity contribution in [3.05, 3.63) is 48.5 Å². The van der Waals surface area contributed by atoms with E-state index in [9.17, 15) is 13.5 Å². The zero-order valence-electron chi connectivity index (χ0n) is 20.7. The van der Waals surface area contributed by atoms with E-state index in [1.807, 2.05) is 0 Å². The second-order valence-corrected chi connectivity index (χ2v) is 9.89. The molecular weight excluding hydrogens is 504 g/mol. The third-order valence-corrected chi connectivity index (χ3v) is 7.26. The van der Waals surface area contributed by atoms with Gasteiger partial charge in [-0.2, -0.15) is 5.10 Å². The average molecular weight is 531 g/mol. The minimum Gasteiger partial charge on any atom is -0.494 e. The number of sulfonamides is 1. The average Bonchev–Trinajstić information content (AvgIpc) is 3.52. The molecule has 0 fully saturated rings. The molecule has 3 aromatic heterocycles. The highest BCUT2D eigenvalue weighted by Crippen LogP contribution is 2.37. The third-order valence-electron chi connectivity index (χ3n) is 5.56. The molecule has 0 saturated heterocycles. The lowest BCUT2D eigenvalue weighted by Crippen LogP contribution is -2.32. The van der Waals surface area contributed by atoms with Gasteiger partial charge in [-0.3, -0.25) is 19.0 Å². The summed E-state index contributed by atoms with van der Waals surface area (Å²) >= 11 is 0. The number of aliphatic hydroxyl groups excluding tert-OH is 1. The predicted molar refractivity (Wildman–Crippen MR) is 132 cm³/mol. The lowest BCUT2D eigenvalue weighted by atomic mass is 10.2. The number of nitrogens with one attached hydrogen (secondary N) is 1. The van der Waals surface area contributed by atoms with Gasteiger partial charge in [0, 0.05) is 13.2 Å². The molecular formula is C22H26N8O6S. The van der Waals surface area contributed by atoms with E-state index in [4.69, 9.17) is 14.2 Å². The number of hydrogen-bond acceptors (Lipinski definition) is 11. The molecule has 0 aliphatic rings. The maximum Gasteiger partial charge on any atom is 0.243 e. The van der Waals surface area contributed by atoms with Crippen LogP contribution in [0.1, 0.15) is 18.7 Å². The first-order valence-electron chi connectivity index (χ1n) is 10.9. The molecule has 0 aliphatic carbocycles. The van der Waals surface area contributed by atoms with Crippen LogP contribution in [0.4, 0.5) is 5.95 Å². The topological polar surface area (TPSA) is 168 Å². The molecule has 0 aliphatic heterocycles. The largest absolute Gasteiger partial charge is 0.494 e. The summed E-state index contributed by atoms with van der Waals surface area (Å²) in [7, 11) is 1.87. The van der Waals surface area contributed by atoms with Crippen molar-refractivity contribution < 1.29 is 27.7 Å². The molecule has 0 radical (unpaired) electrons. The number of aromatic nitrogens is 7. The van der Waals surface area contributed by atoms with E-state index in [0.717, 1.165) is 0 Å². The predicted octanol–water partition coefficient (Wildman–Crippen LogP) is 1.35. The number of anilines is 1. The van der Waals surface area contributed by atoms with E-state index in [1.54, 1.807) is 42.2 Å². The van der Waals surface area contributed by atoms with Gasteiger partial charge in [-0.25, -0.2) is 13.4 Å². The highest BCUT2D eigenvalue weighted by Gasteiger charge is 2.33. The van der Waals surface area contributed by atoms with Gasteiger partial charge < -0.3 is 19.3 Å². The summed E-state index contributed by atoms with van der Waals surface area (Å²) in [4.78, 5) is 8.02. The second kappa shape index (κ2) is 10.4. The maximum atomic E-state index is 13.4. The van der Waals surface area contributed by atoms with Crippen molar-refractivity contribution in [2.75, 3.05) is 26.1 Å². The normalized spacial score (nSPS) is 13.1. The molecule has 0 saturated carbocycles. The van der Waals surface area contributed by atoms with E-state index in [0.29, 0.717) is 22.9 Å². The Labute approximate surface area is 212 Å². The lowest BCUT2D eigenvalue weighted by molar-refractivity contribution is 0.170. The highest BCUT2D eigenvalue weighted by atomic mass is 32.2. The van der Waals surface area contributed by atoms with Gasteiger partial charge in [-0.05, 0) is 25.1 Å². The minimum atomic E-state index is -4.24. The Hall–Kier alpha value is -4.24. The molecule has 2 N–H and O–H groups in total. The van der Waals surface area contributed by atoms with Gasteiger partial charge in [0.25, 0.3) is 0 Å². The van der Waals surface area contributed by atoms with Crippen LogP contribution in [-0.4, -0.2) is 74.6 Å². The molecule has 4 aromatic rings. The van der Waals surface area contributed by atoms with Crippen LogP contribution in [-0.2, 0) is 17.1 Å². The zero-order chi connectivity index (χ0) is 26.7. The number of ether oxygens (including phenoxy) is 3. The quantitative estimate of drug-likeness (QED) is 0.303. The molecule has 14 nitrogen and oxygen atoms in total. The van der Waals surface area contributed by atoms with Crippen LogP contribution in [0.2, 0.25) is 0 Å². The number of aliphatic hydroxyl groups is 1. The Morgan fingerprint density at radius 2 is 1.70 bits per heavy atom. The SMILES string of the molecule is COc1cnc([C@@H](O)[C@H](C)S(=O)(=O)Nc2nnc(-c3ccn(C)n3)n2-c2c(OC)cccc2OC)cn1. The van der Waals surface area contributed by atoms with Crippen LogP contribution in [0, 0.1) is 0 Å². The van der Waals surface area contributed by atoms with E-state index in [-0.39, 0.29) is 23.3 Å². The minimum absolute atomic E-state index is 0.0562. The standard InChI is InChI=1S/C22H26N8O6S/c1-13(20(31)15-11-24-18(36-5)12-23-15)37(32,33)28-22-26-25-21(14-9-10-29(2)27-14)30(22)19-16(34-3)7-6-8-17(19)35-4/h6-13,20,31H,1-5H3,(H,26,28)/t13-,20-/m0/s1. The molecule has 0 amide bonds. The van der Waals surface area contributed by atoms with Gasteiger partial charge >= 0.3 is 0 Å². The summed E-state index contributed by atoms with van der Waals surface area (Å²) in [5, 5.41) is 22.1. The van der Waals surface area contributed by atoms with Gasteiger partial charge in [-0.1, -0.05) is 6.07 Å². The Morgan fingerprint density at radius 1 is 1.00 bits per heavy atom. The molecule has 4 rings (SSSR count). The molecule has 2 atom stereocenters. The molecule has 0 unspecified atom stereocenters. The first kappa shape index (κ1) is 25.8. The smallest absolute Gasteiger partial charge is 0.243 e. The molecule has 196 valence electrons. The van der Waals surface area contributed by atoms with Crippen molar-refractivity contribution in [3.63, 3.8) is 0 Å². The number of benzene rings is 1. The van der Waals surface area contributed by atoms with E-state index in [2.05, 4.69) is 30.0 Å². The number of methoxy groups -OCH3 is 3. The molecule has 0 bridgehead atoms. The lowest BCUT2D eigenvalue weighted by Gasteiger charge is -2.21. The zero-order valence-corrected chi connectivity index (χ0v) is 21.5. The fourth-order valence-electron chi connectivity index (χ4n) is 3.53. The van der Waals surface area contributed by atoms with Gasteiger partial charge in [0.05, 0.1) is 39.4 Å². The van der Waals surface area contributed by atoms with Gasteiger partial charge in [0.15, 0.2) is 5.82 Å². The monoisotopic (exact) mass is 530 g/mol. The van der Waals surface area contributed by atoms with Crippen LogP contribution < -0.4 is 18.9 Å². The molecule has 15 heteroatoms. The number of hydrogen-bond donors (Lipinski definition) is 2. The van der Waals surface area contributed by atoms with Crippen LogP contribution in [0.3, 0.4) is 0 Å². The summed E-state index contributed by atoms with van der Waals surface area (Å²) < 4.78 is 48.2. The van der Waals surface area contributed by atoms with Crippen LogP contribution in [0.15, 0.2) is 42.9 Å². The van der Waals surface area contributed by atoms with Crippen molar-refractivity contribution >= 4 is 16.0 Å². The number of para-hydroxylation sites is 1. The van der Waals surface area contributed by atoms with Crippen molar-refractivity contribution in [2.45, 2.75) is 18.3 Å². The third kappa shape index (κ3) is 5.03. The fourth-order valence-corrected chi connectivity index (χ4v) is 4.58. The van der Waals surface area contributed by atoms with Crippen molar-refractivity contribution in [1.29, 1.82) is 0 Å². The molecule has 1 aromatic carbocycles. The van der Waals surface area contributed by atoms with Crippen molar-refractivity contribution in [3.8, 4) is 34.6 Å². The first-order valence-corrected chi connectivity index (χ1v) is 12.5. The molecule has 3 heterocycles. The Balaban J connectivity index is 1.79. The fraction of sp³-hybridized carbons (Fsp3) is 0.318. The Morgan fingerprint density at radius 3 is 2.24 bits per heavy atom. The summed E-state index contributed by atoms with van der Waals surface area (Å²) in [6.45, 7) is 1.34. The highest BCUT2D eigenvalue weighted by molar-refractivity contribution is 7.93. The number of rotatable bonds is 10. The van der Waals surface area contributed by atoms with Crippen LogP contribution >= 0.6 is 0 Å². The van der Waals surface area contributed by atoms with Gasteiger partial charge in [0.1, 0.15) is 34.2 Å². The first-order chi connectivity index (χ1) is 17.7. The number of aryl methyl sites for hydroxylation is 1. The maximum absolute atomic E-state index is 13.4. The summed E-state index contributed by atoms with van der Waals surface area (Å²) in [5.74, 6) is 1.04. The van der Waals surface area contributed by atoms with Crippen LogP contribution in [0.5, 0.6) is 17.4 Å². The van der Waals surface area contributed by atoms with Crippen molar-refractivity contribution in [1.82, 2.24) is 34.5 Å². The van der Waals surface area contributed by atoms with Crippen LogP contribution in [0.25, 0.3) is 17.2 Å². The number of nitrogens with zero attached hydrogens (tertiary/aromatic N) is 7.